The molecule has 0 radical (unpaired) electrons. The van der Waals surface area contributed by atoms with Gasteiger partial charge in [0.25, 0.3) is 0 Å². The van der Waals surface area contributed by atoms with Gasteiger partial charge in [-0.25, -0.2) is 4.98 Å². The molecule has 0 atom stereocenters. The third-order valence-electron chi connectivity index (χ3n) is 4.69. The first-order valence-electron chi connectivity index (χ1n) is 8.90. The zero-order valence-electron chi connectivity index (χ0n) is 14.8. The number of hydrogen-bond donors (Lipinski definition) is 2. The molecule has 0 aromatic carbocycles. The second kappa shape index (κ2) is 8.78. The third-order valence-corrected chi connectivity index (χ3v) is 4.69. The minimum absolute atomic E-state index is 0.147. The average Bonchev–Trinajstić information content (AvgIpc) is 2.65. The predicted molar refractivity (Wildman–Crippen MR) is 101 cm³/mol. The number of aromatic nitrogens is 2. The minimum Gasteiger partial charge on any atom is -0.395 e. The van der Waals surface area contributed by atoms with Crippen molar-refractivity contribution < 1.29 is 5.11 Å². The summed E-state index contributed by atoms with van der Waals surface area (Å²) in [7, 11) is 1.96. The van der Waals surface area contributed by atoms with E-state index in [1.54, 1.807) is 0 Å². The first kappa shape index (κ1) is 17.6. The van der Waals surface area contributed by atoms with E-state index < -0.39 is 0 Å². The molecule has 0 unspecified atom stereocenters. The Morgan fingerprint density at radius 2 is 2.08 bits per heavy atom. The van der Waals surface area contributed by atoms with Crippen molar-refractivity contribution in [1.82, 2.24) is 14.9 Å². The number of nitrogens with zero attached hydrogens (tertiary/aromatic N) is 4. The molecular formula is C19H27N5O. The lowest BCUT2D eigenvalue weighted by Gasteiger charge is -2.32. The average molecular weight is 341 g/mol. The van der Waals surface area contributed by atoms with Gasteiger partial charge >= 0.3 is 0 Å². The van der Waals surface area contributed by atoms with Crippen molar-refractivity contribution in [2.75, 3.05) is 43.5 Å². The summed E-state index contributed by atoms with van der Waals surface area (Å²) >= 11 is 0. The van der Waals surface area contributed by atoms with Crippen molar-refractivity contribution in [3.8, 4) is 0 Å². The van der Waals surface area contributed by atoms with Gasteiger partial charge in [0.15, 0.2) is 0 Å². The van der Waals surface area contributed by atoms with E-state index in [0.29, 0.717) is 12.6 Å². The van der Waals surface area contributed by atoms with Crippen LogP contribution in [0.4, 0.5) is 11.5 Å². The molecule has 0 amide bonds. The Kier molecular flexibility index (Phi) is 6.19. The number of likely N-dealkylation sites (tertiary alicyclic amines) is 1. The number of piperidine rings is 1. The summed E-state index contributed by atoms with van der Waals surface area (Å²) in [5.41, 5.74) is 2.30. The highest BCUT2D eigenvalue weighted by Crippen LogP contribution is 2.19. The summed E-state index contributed by atoms with van der Waals surface area (Å²) in [6.45, 7) is 3.91. The van der Waals surface area contributed by atoms with Gasteiger partial charge in [-0.3, -0.25) is 9.88 Å². The summed E-state index contributed by atoms with van der Waals surface area (Å²) in [6, 6.07) is 8.67. The van der Waals surface area contributed by atoms with Gasteiger partial charge in [-0.15, -0.1) is 0 Å². The van der Waals surface area contributed by atoms with Crippen molar-refractivity contribution in [2.24, 2.45) is 0 Å². The van der Waals surface area contributed by atoms with Gasteiger partial charge in [0.1, 0.15) is 5.82 Å². The van der Waals surface area contributed by atoms with Crippen LogP contribution in [0, 0.1) is 0 Å². The van der Waals surface area contributed by atoms with Crippen molar-refractivity contribution in [3.63, 3.8) is 0 Å². The molecule has 6 nitrogen and oxygen atoms in total. The van der Waals surface area contributed by atoms with E-state index in [9.17, 15) is 0 Å². The predicted octanol–water partition coefficient (Wildman–Crippen LogP) is 1.98. The molecule has 2 aromatic heterocycles. The van der Waals surface area contributed by atoms with E-state index in [-0.39, 0.29) is 6.61 Å². The first-order chi connectivity index (χ1) is 12.2. The molecule has 3 rings (SSSR count). The number of likely N-dealkylation sites (N-methyl/N-ethyl adjacent to an activating group) is 1. The Bertz CT molecular complexity index is 626. The van der Waals surface area contributed by atoms with Crippen LogP contribution in [0.1, 0.15) is 18.4 Å². The maximum atomic E-state index is 9.00. The lowest BCUT2D eigenvalue weighted by molar-refractivity contribution is 0.211. The number of hydrogen-bond acceptors (Lipinski definition) is 6. The molecule has 1 aliphatic rings. The Morgan fingerprint density at radius 3 is 2.72 bits per heavy atom. The highest BCUT2D eigenvalue weighted by molar-refractivity contribution is 5.49. The molecule has 1 saturated heterocycles. The highest BCUT2D eigenvalue weighted by atomic mass is 16.3. The fourth-order valence-electron chi connectivity index (χ4n) is 3.17. The maximum absolute atomic E-state index is 9.00. The maximum Gasteiger partial charge on any atom is 0.126 e. The second-order valence-electron chi connectivity index (χ2n) is 6.60. The summed E-state index contributed by atoms with van der Waals surface area (Å²) in [5.74, 6) is 0.923. The van der Waals surface area contributed by atoms with Crippen LogP contribution in [0.15, 0.2) is 42.9 Å². The smallest absolute Gasteiger partial charge is 0.126 e. The molecule has 6 heteroatoms. The van der Waals surface area contributed by atoms with Crippen LogP contribution in [0.3, 0.4) is 0 Å². The lowest BCUT2D eigenvalue weighted by atomic mass is 10.0. The lowest BCUT2D eigenvalue weighted by Crippen LogP contribution is -2.38. The molecule has 1 aliphatic heterocycles. The van der Waals surface area contributed by atoms with Crippen LogP contribution in [-0.2, 0) is 6.54 Å². The van der Waals surface area contributed by atoms with Crippen LogP contribution in [-0.4, -0.2) is 59.3 Å². The van der Waals surface area contributed by atoms with Gasteiger partial charge in [-0.05, 0) is 36.6 Å². The van der Waals surface area contributed by atoms with E-state index in [4.69, 9.17) is 5.11 Å². The quantitative estimate of drug-likeness (QED) is 0.803. The minimum atomic E-state index is 0.147. The van der Waals surface area contributed by atoms with Gasteiger partial charge in [0.2, 0.25) is 0 Å². The van der Waals surface area contributed by atoms with Crippen LogP contribution in [0.25, 0.3) is 0 Å². The van der Waals surface area contributed by atoms with Gasteiger partial charge in [-0.1, -0.05) is 6.07 Å². The standard InChI is InChI=1S/C19H27N5O/c1-23(11-12-25)18-4-5-19(21-14-18)22-17-6-9-24(10-7-17)15-16-3-2-8-20-13-16/h2-5,8,13-14,17,25H,6-7,9-12,15H2,1H3,(H,21,22). The fraction of sp³-hybridized carbons (Fsp3) is 0.474. The van der Waals surface area contributed by atoms with Crippen LogP contribution >= 0.6 is 0 Å². The topological polar surface area (TPSA) is 64.5 Å². The molecule has 0 bridgehead atoms. The van der Waals surface area contributed by atoms with Crippen LogP contribution < -0.4 is 10.2 Å². The second-order valence-corrected chi connectivity index (χ2v) is 6.60. The SMILES string of the molecule is CN(CCO)c1ccc(NC2CCN(Cc3cccnc3)CC2)nc1. The Morgan fingerprint density at radius 1 is 1.24 bits per heavy atom. The zero-order chi connectivity index (χ0) is 17.5. The Balaban J connectivity index is 1.45. The van der Waals surface area contributed by atoms with Gasteiger partial charge < -0.3 is 15.3 Å². The van der Waals surface area contributed by atoms with Gasteiger partial charge in [0.05, 0.1) is 18.5 Å². The molecule has 25 heavy (non-hydrogen) atoms. The molecule has 0 aliphatic carbocycles. The van der Waals surface area contributed by atoms with E-state index >= 15 is 0 Å². The molecule has 134 valence electrons. The normalized spacial score (nSPS) is 15.9. The van der Waals surface area contributed by atoms with E-state index in [2.05, 4.69) is 26.3 Å². The summed E-state index contributed by atoms with van der Waals surface area (Å²) in [5, 5.41) is 12.5. The monoisotopic (exact) mass is 341 g/mol. The largest absolute Gasteiger partial charge is 0.395 e. The fourth-order valence-corrected chi connectivity index (χ4v) is 3.17. The molecule has 2 N–H and O–H groups in total. The Labute approximate surface area is 149 Å². The molecular weight excluding hydrogens is 314 g/mol. The molecule has 1 fully saturated rings. The van der Waals surface area contributed by atoms with Gasteiger partial charge in [-0.2, -0.15) is 0 Å². The Hall–Kier alpha value is -2.18. The highest BCUT2D eigenvalue weighted by Gasteiger charge is 2.19. The zero-order valence-corrected chi connectivity index (χ0v) is 14.8. The number of rotatable bonds is 7. The molecule has 0 spiro atoms. The number of nitrogens with one attached hydrogen (secondary N) is 1. The summed E-state index contributed by atoms with van der Waals surface area (Å²) in [6.07, 6.45) is 7.86. The molecule has 2 aromatic rings. The van der Waals surface area contributed by atoms with Crippen molar-refractivity contribution >= 4 is 11.5 Å². The summed E-state index contributed by atoms with van der Waals surface area (Å²) < 4.78 is 0. The first-order valence-corrected chi connectivity index (χ1v) is 8.90. The van der Waals surface area contributed by atoms with E-state index in [1.807, 2.05) is 48.7 Å². The molecule has 0 saturated carbocycles. The van der Waals surface area contributed by atoms with E-state index in [1.165, 1.54) is 5.56 Å². The number of aliphatic hydroxyl groups is 1. The van der Waals surface area contributed by atoms with Crippen molar-refractivity contribution in [3.05, 3.63) is 48.4 Å². The van der Waals surface area contributed by atoms with Crippen LogP contribution in [0.5, 0.6) is 0 Å². The summed E-state index contributed by atoms with van der Waals surface area (Å²) in [4.78, 5) is 13.2. The molecule has 3 heterocycles. The number of aliphatic hydroxyl groups excluding tert-OH is 1. The van der Waals surface area contributed by atoms with E-state index in [0.717, 1.165) is 44.0 Å². The third kappa shape index (κ3) is 5.14. The van der Waals surface area contributed by atoms with Gasteiger partial charge in [0, 0.05) is 51.7 Å². The van der Waals surface area contributed by atoms with Crippen molar-refractivity contribution in [1.29, 1.82) is 0 Å². The number of pyridine rings is 2. The van der Waals surface area contributed by atoms with Crippen molar-refractivity contribution in [2.45, 2.75) is 25.4 Å². The number of anilines is 2. The van der Waals surface area contributed by atoms with Crippen LogP contribution in [0.2, 0.25) is 0 Å².